The Labute approximate surface area is 44.0 Å². The van der Waals surface area contributed by atoms with Gasteiger partial charge in [0.1, 0.15) is 5.67 Å². The van der Waals surface area contributed by atoms with Crippen LogP contribution in [0.15, 0.2) is 12.7 Å². The van der Waals surface area contributed by atoms with Crippen LogP contribution in [0.1, 0.15) is 20.3 Å². The summed E-state index contributed by atoms with van der Waals surface area (Å²) < 4.78 is 12.3. The van der Waals surface area contributed by atoms with Gasteiger partial charge in [-0.25, -0.2) is 4.39 Å². The van der Waals surface area contributed by atoms with Crippen LogP contribution in [0.3, 0.4) is 0 Å². The molecule has 42 valence electrons. The van der Waals surface area contributed by atoms with Crippen LogP contribution >= 0.6 is 0 Å². The number of hydrogen-bond acceptors (Lipinski definition) is 0. The molecule has 0 heterocycles. The van der Waals surface area contributed by atoms with Crippen LogP contribution in [0.5, 0.6) is 0 Å². The summed E-state index contributed by atoms with van der Waals surface area (Å²) in [6.07, 6.45) is 2.02. The first-order chi connectivity index (χ1) is 3.06. The van der Waals surface area contributed by atoms with E-state index in [1.807, 2.05) is 0 Å². The van der Waals surface area contributed by atoms with Crippen molar-refractivity contribution in [1.82, 2.24) is 0 Å². The molecule has 0 aromatic rings. The van der Waals surface area contributed by atoms with Crippen molar-refractivity contribution >= 4 is 0 Å². The maximum absolute atomic E-state index is 12.3. The van der Waals surface area contributed by atoms with Crippen LogP contribution in [0, 0.1) is 0 Å². The number of allylic oxidation sites excluding steroid dienone is 1. The Morgan fingerprint density at radius 1 is 1.71 bits per heavy atom. The molecule has 0 fully saturated rings. The molecule has 0 rings (SSSR count). The molecule has 0 atom stereocenters. The van der Waals surface area contributed by atoms with Gasteiger partial charge < -0.3 is 0 Å². The summed E-state index contributed by atoms with van der Waals surface area (Å²) in [5.41, 5.74) is -1.07. The molecule has 0 bridgehead atoms. The predicted octanol–water partition coefficient (Wildman–Crippen LogP) is 2.31. The van der Waals surface area contributed by atoms with E-state index in [-0.39, 0.29) is 0 Å². The largest absolute Gasteiger partial charge is 0.244 e. The third-order valence-electron chi connectivity index (χ3n) is 0.630. The highest BCUT2D eigenvalue weighted by Crippen LogP contribution is 2.12. The van der Waals surface area contributed by atoms with Crippen molar-refractivity contribution in [3.8, 4) is 0 Å². The first-order valence-electron chi connectivity index (χ1n) is 2.36. The second kappa shape index (κ2) is 2.10. The molecule has 0 spiro atoms. The summed E-state index contributed by atoms with van der Waals surface area (Å²) in [4.78, 5) is 0. The van der Waals surface area contributed by atoms with Crippen LogP contribution < -0.4 is 0 Å². The maximum Gasteiger partial charge on any atom is 0.108 e. The Bertz CT molecular complexity index is 59.1. The molecular formula is C6H11F. The average molecular weight is 102 g/mol. The van der Waals surface area contributed by atoms with E-state index in [0.29, 0.717) is 6.42 Å². The molecule has 0 radical (unpaired) electrons. The van der Waals surface area contributed by atoms with E-state index in [4.69, 9.17) is 0 Å². The molecule has 7 heavy (non-hydrogen) atoms. The van der Waals surface area contributed by atoms with Crippen molar-refractivity contribution in [2.75, 3.05) is 0 Å². The first kappa shape index (κ1) is 6.67. The summed E-state index contributed by atoms with van der Waals surface area (Å²) in [6.45, 7) is 6.48. The van der Waals surface area contributed by atoms with Crippen LogP contribution in [0.25, 0.3) is 0 Å². The first-order valence-corrected chi connectivity index (χ1v) is 2.36. The van der Waals surface area contributed by atoms with Crippen molar-refractivity contribution in [3.05, 3.63) is 12.7 Å². The standard InChI is InChI=1S/C6H11F/c1-4-5-6(2,3)7/h4H,1,5H2,2-3H3. The molecule has 0 amide bonds. The van der Waals surface area contributed by atoms with E-state index in [1.165, 1.54) is 13.8 Å². The van der Waals surface area contributed by atoms with E-state index in [9.17, 15) is 4.39 Å². The Morgan fingerprint density at radius 3 is 2.14 bits per heavy atom. The Kier molecular flexibility index (Phi) is 2.00. The molecule has 0 unspecified atom stereocenters. The fourth-order valence-electron chi connectivity index (χ4n) is 0.343. The third kappa shape index (κ3) is 5.67. The zero-order valence-corrected chi connectivity index (χ0v) is 4.87. The summed E-state index contributed by atoms with van der Waals surface area (Å²) in [6, 6.07) is 0. The lowest BCUT2D eigenvalue weighted by Gasteiger charge is -2.08. The van der Waals surface area contributed by atoms with Gasteiger partial charge in [-0.3, -0.25) is 0 Å². The second-order valence-corrected chi connectivity index (χ2v) is 2.21. The third-order valence-corrected chi connectivity index (χ3v) is 0.630. The predicted molar refractivity (Wildman–Crippen MR) is 30.0 cm³/mol. The Morgan fingerprint density at radius 2 is 2.14 bits per heavy atom. The molecule has 0 saturated heterocycles. The van der Waals surface area contributed by atoms with Gasteiger partial charge >= 0.3 is 0 Å². The van der Waals surface area contributed by atoms with Crippen LogP contribution in [-0.2, 0) is 0 Å². The second-order valence-electron chi connectivity index (χ2n) is 2.21. The minimum atomic E-state index is -1.07. The number of halogens is 1. The number of rotatable bonds is 2. The lowest BCUT2D eigenvalue weighted by atomic mass is 10.1. The molecular weight excluding hydrogens is 91.1 g/mol. The molecule has 0 nitrogen and oxygen atoms in total. The quantitative estimate of drug-likeness (QED) is 0.469. The lowest BCUT2D eigenvalue weighted by molar-refractivity contribution is 0.221. The van der Waals surface area contributed by atoms with E-state index >= 15 is 0 Å². The zero-order chi connectivity index (χ0) is 5.91. The summed E-state index contributed by atoms with van der Waals surface area (Å²) in [5.74, 6) is 0. The molecule has 0 aliphatic carbocycles. The highest BCUT2D eigenvalue weighted by atomic mass is 19.1. The average Bonchev–Trinajstić information content (AvgIpc) is 1.30. The van der Waals surface area contributed by atoms with Crippen LogP contribution in [0.4, 0.5) is 4.39 Å². The Hall–Kier alpha value is -0.330. The zero-order valence-electron chi connectivity index (χ0n) is 4.87. The number of hydrogen-bond donors (Lipinski definition) is 0. The molecule has 0 aromatic carbocycles. The molecule has 0 aliphatic rings. The van der Waals surface area contributed by atoms with Gasteiger partial charge in [0.15, 0.2) is 0 Å². The highest BCUT2D eigenvalue weighted by molar-refractivity contribution is 4.78. The van der Waals surface area contributed by atoms with Gasteiger partial charge in [0.2, 0.25) is 0 Å². The normalized spacial score (nSPS) is 11.3. The molecule has 1 heteroatoms. The molecule has 0 aliphatic heterocycles. The molecule has 0 aromatic heterocycles. The fraction of sp³-hybridized carbons (Fsp3) is 0.667. The van der Waals surface area contributed by atoms with Gasteiger partial charge in [0, 0.05) is 0 Å². The van der Waals surface area contributed by atoms with Crippen LogP contribution in [-0.4, -0.2) is 5.67 Å². The summed E-state index contributed by atoms with van der Waals surface area (Å²) in [5, 5.41) is 0. The van der Waals surface area contributed by atoms with E-state index < -0.39 is 5.67 Å². The maximum atomic E-state index is 12.3. The fourth-order valence-corrected chi connectivity index (χ4v) is 0.343. The van der Waals surface area contributed by atoms with Gasteiger partial charge in [0.05, 0.1) is 0 Å². The van der Waals surface area contributed by atoms with E-state index in [2.05, 4.69) is 6.58 Å². The Balaban J connectivity index is 3.34. The lowest BCUT2D eigenvalue weighted by Crippen LogP contribution is -2.08. The molecule has 0 N–H and O–H groups in total. The van der Waals surface area contributed by atoms with Crippen molar-refractivity contribution in [3.63, 3.8) is 0 Å². The number of alkyl halides is 1. The van der Waals surface area contributed by atoms with Gasteiger partial charge in [-0.2, -0.15) is 0 Å². The van der Waals surface area contributed by atoms with E-state index in [0.717, 1.165) is 0 Å². The van der Waals surface area contributed by atoms with Crippen molar-refractivity contribution in [2.45, 2.75) is 25.9 Å². The van der Waals surface area contributed by atoms with Gasteiger partial charge in [-0.15, -0.1) is 6.58 Å². The van der Waals surface area contributed by atoms with Crippen molar-refractivity contribution in [2.24, 2.45) is 0 Å². The van der Waals surface area contributed by atoms with Gasteiger partial charge in [-0.1, -0.05) is 6.08 Å². The summed E-state index contributed by atoms with van der Waals surface area (Å²) in [7, 11) is 0. The van der Waals surface area contributed by atoms with Crippen molar-refractivity contribution < 1.29 is 4.39 Å². The van der Waals surface area contributed by atoms with Gasteiger partial charge in [0.25, 0.3) is 0 Å². The minimum absolute atomic E-state index is 0.438. The monoisotopic (exact) mass is 102 g/mol. The van der Waals surface area contributed by atoms with E-state index in [1.54, 1.807) is 6.08 Å². The minimum Gasteiger partial charge on any atom is -0.244 e. The highest BCUT2D eigenvalue weighted by Gasteiger charge is 2.10. The van der Waals surface area contributed by atoms with Crippen molar-refractivity contribution in [1.29, 1.82) is 0 Å². The van der Waals surface area contributed by atoms with Crippen LogP contribution in [0.2, 0.25) is 0 Å². The smallest absolute Gasteiger partial charge is 0.108 e. The summed E-state index contributed by atoms with van der Waals surface area (Å²) >= 11 is 0. The SMILES string of the molecule is C=CCC(C)(C)F. The molecule has 0 saturated carbocycles. The van der Waals surface area contributed by atoms with Gasteiger partial charge in [-0.05, 0) is 20.3 Å². The topological polar surface area (TPSA) is 0 Å².